The van der Waals surface area contributed by atoms with Gasteiger partial charge in [0.15, 0.2) is 0 Å². The van der Waals surface area contributed by atoms with Gasteiger partial charge >= 0.3 is 0 Å². The fourth-order valence-corrected chi connectivity index (χ4v) is 4.81. The van der Waals surface area contributed by atoms with Crippen molar-refractivity contribution in [1.29, 1.82) is 0 Å². The van der Waals surface area contributed by atoms with Crippen LogP contribution in [0.2, 0.25) is 0 Å². The molecule has 1 fully saturated rings. The molecule has 25 heavy (non-hydrogen) atoms. The van der Waals surface area contributed by atoms with Crippen LogP contribution < -0.4 is 0 Å². The summed E-state index contributed by atoms with van der Waals surface area (Å²) < 4.78 is 26.6. The number of nitrogens with zero attached hydrogens (tertiary/aromatic N) is 1. The van der Waals surface area contributed by atoms with E-state index < -0.39 is 27.4 Å². The number of hydrogen-bond acceptors (Lipinski definition) is 3. The van der Waals surface area contributed by atoms with E-state index in [4.69, 9.17) is 0 Å². The van der Waals surface area contributed by atoms with Gasteiger partial charge in [0.1, 0.15) is 5.92 Å². The highest BCUT2D eigenvalue weighted by molar-refractivity contribution is 7.89. The van der Waals surface area contributed by atoms with E-state index in [9.17, 15) is 13.2 Å². The zero-order chi connectivity index (χ0) is 18.7. The van der Waals surface area contributed by atoms with Crippen LogP contribution in [0.3, 0.4) is 0 Å². The van der Waals surface area contributed by atoms with E-state index in [0.717, 1.165) is 29.1 Å². The summed E-state index contributed by atoms with van der Waals surface area (Å²) in [4.78, 5) is 12.6. The highest BCUT2D eigenvalue weighted by Gasteiger charge is 2.59. The monoisotopic (exact) mass is 361 g/mol. The summed E-state index contributed by atoms with van der Waals surface area (Å²) in [6, 6.07) is 6.55. The number of carbonyl (C=O) groups is 1. The van der Waals surface area contributed by atoms with E-state index in [1.165, 1.54) is 12.8 Å². The fraction of sp³-hybridized carbons (Fsp3) is 0.550. The Kier molecular flexibility index (Phi) is 5.95. The third kappa shape index (κ3) is 3.90. The number of sulfonamides is 1. The van der Waals surface area contributed by atoms with Crippen LogP contribution in [0.1, 0.15) is 58.4 Å². The number of unbranched alkanes of at least 4 members (excludes halogenated alkanes) is 4. The minimum Gasteiger partial charge on any atom is -0.272 e. The van der Waals surface area contributed by atoms with Gasteiger partial charge in [-0.25, -0.2) is 12.7 Å². The summed E-state index contributed by atoms with van der Waals surface area (Å²) in [7, 11) is -3.84. The number of amides is 1. The van der Waals surface area contributed by atoms with Crippen LogP contribution in [0.15, 0.2) is 29.2 Å². The van der Waals surface area contributed by atoms with Gasteiger partial charge in [-0.3, -0.25) is 4.79 Å². The standard InChI is InChI=1S/C20H27NO3S/c1-5-6-7-8-9-10-11-18-19(22)21(20(18,3)4)25(23,24)17-14-12-16(2)13-15-17/h12-15,18H,5-9H2,1-4H3. The first-order chi connectivity index (χ1) is 11.7. The lowest BCUT2D eigenvalue weighted by Gasteiger charge is -2.50. The van der Waals surface area contributed by atoms with Gasteiger partial charge in [-0.15, -0.1) is 5.92 Å². The maximum absolute atomic E-state index is 12.8. The summed E-state index contributed by atoms with van der Waals surface area (Å²) in [5.41, 5.74) is 0.150. The van der Waals surface area contributed by atoms with Crippen molar-refractivity contribution in [2.24, 2.45) is 5.92 Å². The molecule has 0 N–H and O–H groups in total. The largest absolute Gasteiger partial charge is 0.272 e. The Morgan fingerprint density at radius 2 is 1.76 bits per heavy atom. The third-order valence-corrected chi connectivity index (χ3v) is 6.64. The first kappa shape index (κ1) is 19.5. The van der Waals surface area contributed by atoms with Gasteiger partial charge in [-0.1, -0.05) is 49.8 Å². The molecule has 1 amide bonds. The molecule has 1 unspecified atom stereocenters. The number of aryl methyl sites for hydroxylation is 1. The van der Waals surface area contributed by atoms with Crippen molar-refractivity contribution in [3.05, 3.63) is 29.8 Å². The molecule has 1 aliphatic rings. The van der Waals surface area contributed by atoms with Gasteiger partial charge in [0.2, 0.25) is 0 Å². The normalized spacial score (nSPS) is 19.1. The van der Waals surface area contributed by atoms with Crippen molar-refractivity contribution in [2.45, 2.75) is 70.2 Å². The molecule has 2 rings (SSSR count). The van der Waals surface area contributed by atoms with Crippen LogP contribution in [0.4, 0.5) is 0 Å². The Morgan fingerprint density at radius 1 is 1.12 bits per heavy atom. The second-order valence-corrected chi connectivity index (χ2v) is 8.93. The molecule has 1 aromatic rings. The minimum absolute atomic E-state index is 0.144. The second-order valence-electron chi connectivity index (χ2n) is 7.14. The SMILES string of the molecule is CCCCCCC#CC1C(=O)N(S(=O)(=O)c2ccc(C)cc2)C1(C)C. The highest BCUT2D eigenvalue weighted by atomic mass is 32.2. The lowest BCUT2D eigenvalue weighted by atomic mass is 9.79. The zero-order valence-electron chi connectivity index (χ0n) is 15.5. The average molecular weight is 362 g/mol. The second kappa shape index (κ2) is 7.61. The van der Waals surface area contributed by atoms with E-state index >= 15 is 0 Å². The molecular formula is C20H27NO3S. The number of rotatable bonds is 6. The highest BCUT2D eigenvalue weighted by Crippen LogP contribution is 2.41. The smallest absolute Gasteiger partial charge is 0.267 e. The van der Waals surface area contributed by atoms with E-state index in [1.54, 1.807) is 38.1 Å². The van der Waals surface area contributed by atoms with Crippen LogP contribution in [0.5, 0.6) is 0 Å². The summed E-state index contributed by atoms with van der Waals surface area (Å²) in [5.74, 6) is 5.07. The first-order valence-electron chi connectivity index (χ1n) is 8.87. The van der Waals surface area contributed by atoms with Crippen LogP contribution in [0, 0.1) is 24.7 Å². The quantitative estimate of drug-likeness (QED) is 0.439. The molecule has 1 atom stereocenters. The molecule has 1 aliphatic heterocycles. The third-order valence-electron chi connectivity index (χ3n) is 4.64. The van der Waals surface area contributed by atoms with Crippen molar-refractivity contribution in [3.63, 3.8) is 0 Å². The molecule has 0 aliphatic carbocycles. The Balaban J connectivity index is 2.11. The maximum atomic E-state index is 12.8. The first-order valence-corrected chi connectivity index (χ1v) is 10.3. The number of hydrogen-bond donors (Lipinski definition) is 0. The van der Waals surface area contributed by atoms with Crippen molar-refractivity contribution < 1.29 is 13.2 Å². The molecule has 0 aromatic heterocycles. The fourth-order valence-electron chi connectivity index (χ4n) is 3.05. The average Bonchev–Trinajstić information content (AvgIpc) is 2.53. The minimum atomic E-state index is -3.84. The Bertz CT molecular complexity index is 782. The molecule has 0 spiro atoms. The Hall–Kier alpha value is -1.80. The molecule has 0 saturated carbocycles. The molecular weight excluding hydrogens is 334 g/mol. The predicted molar refractivity (Wildman–Crippen MR) is 99.3 cm³/mol. The van der Waals surface area contributed by atoms with Gasteiger partial charge < -0.3 is 0 Å². The van der Waals surface area contributed by atoms with E-state index in [0.29, 0.717) is 0 Å². The van der Waals surface area contributed by atoms with Crippen LogP contribution in [-0.2, 0) is 14.8 Å². The van der Waals surface area contributed by atoms with Gasteiger partial charge in [0, 0.05) is 6.42 Å². The summed E-state index contributed by atoms with van der Waals surface area (Å²) in [6.45, 7) is 7.57. The maximum Gasteiger partial charge on any atom is 0.267 e. The van der Waals surface area contributed by atoms with Crippen LogP contribution in [0.25, 0.3) is 0 Å². The summed E-state index contributed by atoms with van der Waals surface area (Å²) in [6.07, 6.45) is 5.28. The molecule has 0 radical (unpaired) electrons. The molecule has 1 saturated heterocycles. The van der Waals surface area contributed by atoms with Crippen LogP contribution in [-0.4, -0.2) is 24.2 Å². The number of carbonyl (C=O) groups excluding carboxylic acids is 1. The number of benzene rings is 1. The molecule has 5 heteroatoms. The van der Waals surface area contributed by atoms with Gasteiger partial charge in [-0.05, 0) is 39.3 Å². The van der Waals surface area contributed by atoms with E-state index in [1.807, 2.05) is 6.92 Å². The van der Waals surface area contributed by atoms with Crippen molar-refractivity contribution in [1.82, 2.24) is 4.31 Å². The molecule has 0 bridgehead atoms. The predicted octanol–water partition coefficient (Wildman–Crippen LogP) is 3.89. The van der Waals surface area contributed by atoms with Gasteiger partial charge in [-0.2, -0.15) is 0 Å². The van der Waals surface area contributed by atoms with Gasteiger partial charge in [0.05, 0.1) is 10.4 Å². The molecule has 136 valence electrons. The lowest BCUT2D eigenvalue weighted by Crippen LogP contribution is -2.69. The van der Waals surface area contributed by atoms with Crippen molar-refractivity contribution in [3.8, 4) is 11.8 Å². The topological polar surface area (TPSA) is 54.5 Å². The van der Waals surface area contributed by atoms with Crippen molar-refractivity contribution >= 4 is 15.9 Å². The lowest BCUT2D eigenvalue weighted by molar-refractivity contribution is -0.149. The summed E-state index contributed by atoms with van der Waals surface area (Å²) >= 11 is 0. The Morgan fingerprint density at radius 3 is 2.32 bits per heavy atom. The molecule has 1 aromatic carbocycles. The summed E-state index contributed by atoms with van der Waals surface area (Å²) in [5, 5.41) is 0. The van der Waals surface area contributed by atoms with E-state index in [2.05, 4.69) is 18.8 Å². The number of β-lactam (4-membered cyclic amide) rings is 1. The zero-order valence-corrected chi connectivity index (χ0v) is 16.3. The molecule has 4 nitrogen and oxygen atoms in total. The Labute approximate surface area is 151 Å². The van der Waals surface area contributed by atoms with Crippen molar-refractivity contribution in [2.75, 3.05) is 0 Å². The van der Waals surface area contributed by atoms with Gasteiger partial charge in [0.25, 0.3) is 15.9 Å². The van der Waals surface area contributed by atoms with E-state index in [-0.39, 0.29) is 4.90 Å². The van der Waals surface area contributed by atoms with Crippen LogP contribution >= 0.6 is 0 Å². The molecule has 1 heterocycles.